The molecule has 2 heteroatoms. The van der Waals surface area contributed by atoms with Crippen LogP contribution in [-0.4, -0.2) is 12.9 Å². The summed E-state index contributed by atoms with van der Waals surface area (Å²) in [6, 6.07) is 8.93. The van der Waals surface area contributed by atoms with Crippen molar-refractivity contribution >= 4 is 18.4 Å². The second-order valence-electron chi connectivity index (χ2n) is 4.40. The lowest BCUT2D eigenvalue weighted by molar-refractivity contribution is 1.11. The average Bonchev–Trinajstić information content (AvgIpc) is 2.71. The Balaban J connectivity index is 2.04. The lowest BCUT2D eigenvalue weighted by Gasteiger charge is -2.05. The number of allylic oxidation sites excluding steroid dienone is 1. The molecule has 0 aliphatic carbocycles. The molecule has 1 aliphatic rings. The fourth-order valence-corrected chi connectivity index (χ4v) is 1.78. The van der Waals surface area contributed by atoms with Crippen LogP contribution in [0.25, 0.3) is 0 Å². The van der Waals surface area contributed by atoms with E-state index in [1.165, 1.54) is 16.6 Å². The van der Waals surface area contributed by atoms with Gasteiger partial charge in [0.15, 0.2) is 6.71 Å². The summed E-state index contributed by atoms with van der Waals surface area (Å²) in [5, 5.41) is 0. The highest BCUT2D eigenvalue weighted by molar-refractivity contribution is 6.70. The van der Waals surface area contributed by atoms with Crippen LogP contribution in [0.3, 0.4) is 0 Å². The van der Waals surface area contributed by atoms with Crippen molar-refractivity contribution in [3.05, 3.63) is 41.6 Å². The maximum atomic E-state index is 4.12. The van der Waals surface area contributed by atoms with Gasteiger partial charge in [-0.25, -0.2) is 0 Å². The quantitative estimate of drug-likeness (QED) is 0.660. The highest BCUT2D eigenvalue weighted by Crippen LogP contribution is 2.13. The largest absolute Gasteiger partial charge is 0.269 e. The van der Waals surface area contributed by atoms with E-state index in [-0.39, 0.29) is 0 Å². The van der Waals surface area contributed by atoms with Gasteiger partial charge in [0.1, 0.15) is 0 Å². The van der Waals surface area contributed by atoms with Crippen molar-refractivity contribution in [3.63, 3.8) is 0 Å². The molecule has 2 rings (SSSR count). The van der Waals surface area contributed by atoms with E-state index in [2.05, 4.69) is 42.9 Å². The van der Waals surface area contributed by atoms with Gasteiger partial charge in [-0.05, 0) is 17.6 Å². The fraction of sp³-hybridized carbons (Fsp3) is 0.308. The van der Waals surface area contributed by atoms with Gasteiger partial charge in [0.2, 0.25) is 0 Å². The molecule has 0 saturated carbocycles. The monoisotopic (exact) mass is 197 g/mol. The van der Waals surface area contributed by atoms with Gasteiger partial charge in [-0.3, -0.25) is 4.99 Å². The lowest BCUT2D eigenvalue weighted by Crippen LogP contribution is -2.21. The number of nitrogens with zero attached hydrogens (tertiary/aromatic N) is 1. The van der Waals surface area contributed by atoms with Crippen LogP contribution in [0.15, 0.2) is 41.0 Å². The predicted octanol–water partition coefficient (Wildman–Crippen LogP) is 2.55. The Labute approximate surface area is 92.0 Å². The molecule has 76 valence electrons. The zero-order chi connectivity index (χ0) is 10.7. The molecule has 0 saturated heterocycles. The van der Waals surface area contributed by atoms with Crippen LogP contribution in [-0.2, 0) is 6.42 Å². The minimum Gasteiger partial charge on any atom is -0.269 e. The van der Waals surface area contributed by atoms with E-state index in [0.717, 1.165) is 12.8 Å². The molecule has 15 heavy (non-hydrogen) atoms. The molecular weight excluding hydrogens is 181 g/mol. The van der Waals surface area contributed by atoms with Crippen LogP contribution in [0, 0.1) is 0 Å². The van der Waals surface area contributed by atoms with Gasteiger partial charge >= 0.3 is 0 Å². The highest BCUT2D eigenvalue weighted by atomic mass is 14.7. The average molecular weight is 197 g/mol. The van der Waals surface area contributed by atoms with Gasteiger partial charge in [0, 0.05) is 18.8 Å². The van der Waals surface area contributed by atoms with Crippen LogP contribution < -0.4 is 5.46 Å². The van der Waals surface area contributed by atoms with Crippen LogP contribution in [0.2, 0.25) is 13.6 Å². The van der Waals surface area contributed by atoms with Gasteiger partial charge in [-0.15, -0.1) is 0 Å². The maximum Gasteiger partial charge on any atom is 0.169 e. The molecule has 0 N–H and O–H groups in total. The van der Waals surface area contributed by atoms with Crippen LogP contribution in [0.4, 0.5) is 0 Å². The molecule has 1 aromatic carbocycles. The van der Waals surface area contributed by atoms with Crippen molar-refractivity contribution in [1.82, 2.24) is 0 Å². The molecule has 0 aromatic heterocycles. The molecule has 1 aliphatic heterocycles. The van der Waals surface area contributed by atoms with Crippen molar-refractivity contribution < 1.29 is 0 Å². The van der Waals surface area contributed by atoms with E-state index in [9.17, 15) is 0 Å². The summed E-state index contributed by atoms with van der Waals surface area (Å²) < 4.78 is 0. The first-order valence-electron chi connectivity index (χ1n) is 5.54. The molecule has 0 fully saturated rings. The van der Waals surface area contributed by atoms with Gasteiger partial charge in [-0.1, -0.05) is 43.4 Å². The minimum atomic E-state index is 0.619. The Morgan fingerprint density at radius 2 is 1.93 bits per heavy atom. The Hall–Kier alpha value is -1.31. The zero-order valence-corrected chi connectivity index (χ0v) is 9.40. The molecule has 0 radical (unpaired) electrons. The Morgan fingerprint density at radius 1 is 1.20 bits per heavy atom. The topological polar surface area (TPSA) is 12.4 Å². The highest BCUT2D eigenvalue weighted by Gasteiger charge is 2.04. The van der Waals surface area contributed by atoms with Crippen molar-refractivity contribution in [2.24, 2.45) is 4.99 Å². The molecule has 1 aromatic rings. The standard InChI is InChI=1S/C13H16BN/c1-14(2)13-5-3-11(4-6-13)9-12-7-8-15-10-12/h3-6,8,10H,7,9H2,1-2H3. The van der Waals surface area contributed by atoms with E-state index >= 15 is 0 Å². The molecular formula is C13H16BN. The number of hydrogen-bond acceptors (Lipinski definition) is 1. The van der Waals surface area contributed by atoms with Crippen LogP contribution >= 0.6 is 0 Å². The molecule has 0 atom stereocenters. The lowest BCUT2D eigenvalue weighted by atomic mass is 9.49. The van der Waals surface area contributed by atoms with Gasteiger partial charge in [-0.2, -0.15) is 0 Å². The van der Waals surface area contributed by atoms with Gasteiger partial charge in [0.05, 0.1) is 0 Å². The summed E-state index contributed by atoms with van der Waals surface area (Å²) in [4.78, 5) is 4.12. The third-order valence-electron chi connectivity index (χ3n) is 2.79. The summed E-state index contributed by atoms with van der Waals surface area (Å²) in [6.45, 7) is 5.07. The van der Waals surface area contributed by atoms with Crippen molar-refractivity contribution in [2.75, 3.05) is 0 Å². The molecule has 0 unspecified atom stereocenters. The van der Waals surface area contributed by atoms with Gasteiger partial charge in [0.25, 0.3) is 0 Å². The Morgan fingerprint density at radius 3 is 2.47 bits per heavy atom. The summed E-state index contributed by atoms with van der Waals surface area (Å²) in [5.74, 6) is 0. The fourth-order valence-electron chi connectivity index (χ4n) is 1.78. The molecule has 0 amide bonds. The minimum absolute atomic E-state index is 0.619. The van der Waals surface area contributed by atoms with E-state index < -0.39 is 0 Å². The first-order valence-corrected chi connectivity index (χ1v) is 5.54. The van der Waals surface area contributed by atoms with Crippen LogP contribution in [0.5, 0.6) is 0 Å². The summed E-state index contributed by atoms with van der Waals surface area (Å²) in [6.07, 6.45) is 6.01. The van der Waals surface area contributed by atoms with Gasteiger partial charge < -0.3 is 0 Å². The third-order valence-corrected chi connectivity index (χ3v) is 2.79. The SMILES string of the molecule is CB(C)c1ccc(CC2=CN=CC2)cc1. The summed E-state index contributed by atoms with van der Waals surface area (Å²) in [5.41, 5.74) is 4.21. The number of benzene rings is 1. The van der Waals surface area contributed by atoms with E-state index in [1.807, 2.05) is 12.4 Å². The van der Waals surface area contributed by atoms with E-state index in [1.54, 1.807) is 0 Å². The molecule has 0 spiro atoms. The number of rotatable bonds is 3. The Kier molecular flexibility index (Phi) is 3.05. The third kappa shape index (κ3) is 2.59. The first kappa shape index (κ1) is 10.2. The molecule has 1 nitrogen and oxygen atoms in total. The number of aliphatic imine (C=N–C) groups is 1. The second-order valence-corrected chi connectivity index (χ2v) is 4.40. The van der Waals surface area contributed by atoms with Crippen molar-refractivity contribution in [1.29, 1.82) is 0 Å². The van der Waals surface area contributed by atoms with Crippen LogP contribution in [0.1, 0.15) is 12.0 Å². The zero-order valence-electron chi connectivity index (χ0n) is 9.40. The van der Waals surface area contributed by atoms with E-state index in [4.69, 9.17) is 0 Å². The Bertz CT molecular complexity index is 388. The maximum absolute atomic E-state index is 4.12. The van der Waals surface area contributed by atoms with Crippen molar-refractivity contribution in [2.45, 2.75) is 26.5 Å². The predicted molar refractivity (Wildman–Crippen MR) is 68.5 cm³/mol. The first-order chi connectivity index (χ1) is 7.25. The van der Waals surface area contributed by atoms with Crippen molar-refractivity contribution in [3.8, 4) is 0 Å². The summed E-state index contributed by atoms with van der Waals surface area (Å²) >= 11 is 0. The normalized spacial score (nSPS) is 14.1. The second kappa shape index (κ2) is 4.48. The number of hydrogen-bond donors (Lipinski definition) is 0. The smallest absolute Gasteiger partial charge is 0.169 e. The summed E-state index contributed by atoms with van der Waals surface area (Å²) in [7, 11) is 0. The molecule has 1 heterocycles. The molecule has 0 bridgehead atoms. The van der Waals surface area contributed by atoms with E-state index in [0.29, 0.717) is 6.71 Å².